The van der Waals surface area contributed by atoms with Crippen molar-refractivity contribution >= 4 is 29.1 Å². The topological polar surface area (TPSA) is 150 Å². The molecule has 14 heteroatoms. The van der Waals surface area contributed by atoms with E-state index in [1.165, 1.54) is 50.2 Å². The summed E-state index contributed by atoms with van der Waals surface area (Å²) in [4.78, 5) is 43.8. The number of hydrogen-bond acceptors (Lipinski definition) is 12. The van der Waals surface area contributed by atoms with Crippen molar-refractivity contribution in [3.05, 3.63) is 95.2 Å². The first-order valence-corrected chi connectivity index (χ1v) is 14.6. The predicted molar refractivity (Wildman–Crippen MR) is 166 cm³/mol. The first kappa shape index (κ1) is 33.0. The van der Waals surface area contributed by atoms with Crippen LogP contribution in [0.15, 0.2) is 64.0 Å². The van der Waals surface area contributed by atoms with Crippen LogP contribution in [0.4, 0.5) is 5.69 Å². The lowest BCUT2D eigenvalue weighted by atomic mass is 9.94. The van der Waals surface area contributed by atoms with E-state index in [0.29, 0.717) is 27.6 Å². The second-order valence-corrected chi connectivity index (χ2v) is 10.5. The fourth-order valence-corrected chi connectivity index (χ4v) is 5.83. The lowest BCUT2D eigenvalue weighted by molar-refractivity contribution is -0.385. The highest BCUT2D eigenvalue weighted by molar-refractivity contribution is 7.07. The van der Waals surface area contributed by atoms with Crippen LogP contribution in [0.5, 0.6) is 23.0 Å². The summed E-state index contributed by atoms with van der Waals surface area (Å²) in [7, 11) is 4.34. The lowest BCUT2D eigenvalue weighted by Gasteiger charge is -2.27. The van der Waals surface area contributed by atoms with Crippen LogP contribution < -0.4 is 33.8 Å². The van der Waals surface area contributed by atoms with Gasteiger partial charge in [-0.3, -0.25) is 19.5 Å². The van der Waals surface area contributed by atoms with Gasteiger partial charge in [-0.15, -0.1) is 0 Å². The van der Waals surface area contributed by atoms with Gasteiger partial charge in [0.1, 0.15) is 19.3 Å². The number of para-hydroxylation sites is 1. The number of aromatic nitrogens is 1. The molecule has 1 aliphatic rings. The molecule has 1 atom stereocenters. The van der Waals surface area contributed by atoms with Crippen LogP contribution in [0, 0.1) is 10.1 Å². The summed E-state index contributed by atoms with van der Waals surface area (Å²) in [6.07, 6.45) is 2.98. The maximum Gasteiger partial charge on any atom is 0.338 e. The standard InChI is InChI=1S/C31H33N3O10S/c1-7-12-43-27-19(15-20(34(37)38)17-23(27)41-6)16-24-29(35)33-26(21-10-9-11-22(40-5)28(21)42-8-2)25(18(3)32-31(33)45-24)30(36)44-14-13-39-4/h7,9-11,15-17,26H,1,8,12-14H2,2-6H3/b24-16+/t26-/m1/s1. The molecule has 0 unspecified atom stereocenters. The Hall–Kier alpha value is -4.95. The van der Waals surface area contributed by atoms with Crippen LogP contribution in [-0.2, 0) is 14.3 Å². The molecule has 0 saturated heterocycles. The normalized spacial score (nSPS) is 14.3. The van der Waals surface area contributed by atoms with E-state index in [2.05, 4.69) is 11.6 Å². The molecule has 0 amide bonds. The minimum Gasteiger partial charge on any atom is -0.493 e. The van der Waals surface area contributed by atoms with Crippen LogP contribution in [0.25, 0.3) is 6.08 Å². The molecule has 0 aliphatic carbocycles. The Bertz CT molecular complexity index is 1830. The molecule has 45 heavy (non-hydrogen) atoms. The molecule has 1 aromatic heterocycles. The van der Waals surface area contributed by atoms with Gasteiger partial charge in [0, 0.05) is 24.3 Å². The second kappa shape index (κ2) is 14.7. The van der Waals surface area contributed by atoms with Gasteiger partial charge in [0.15, 0.2) is 27.8 Å². The van der Waals surface area contributed by atoms with Crippen LogP contribution >= 0.6 is 11.3 Å². The van der Waals surface area contributed by atoms with Gasteiger partial charge in [-0.2, -0.15) is 0 Å². The van der Waals surface area contributed by atoms with E-state index in [1.807, 2.05) is 6.92 Å². The van der Waals surface area contributed by atoms with Gasteiger partial charge in [-0.25, -0.2) is 9.79 Å². The van der Waals surface area contributed by atoms with Crippen LogP contribution in [0.3, 0.4) is 0 Å². The zero-order valence-corrected chi connectivity index (χ0v) is 26.3. The quantitative estimate of drug-likeness (QED) is 0.0845. The number of rotatable bonds is 14. The third-order valence-electron chi connectivity index (χ3n) is 6.71. The van der Waals surface area contributed by atoms with E-state index in [4.69, 9.17) is 28.4 Å². The smallest absolute Gasteiger partial charge is 0.338 e. The van der Waals surface area contributed by atoms with Crippen molar-refractivity contribution in [1.82, 2.24) is 4.57 Å². The molecule has 0 N–H and O–H groups in total. The molecule has 0 bridgehead atoms. The van der Waals surface area contributed by atoms with Gasteiger partial charge >= 0.3 is 5.97 Å². The summed E-state index contributed by atoms with van der Waals surface area (Å²) < 4.78 is 34.8. The summed E-state index contributed by atoms with van der Waals surface area (Å²) in [5.41, 5.74) is 0.409. The maximum absolute atomic E-state index is 14.3. The molecule has 3 aromatic rings. The number of ether oxygens (including phenoxy) is 6. The molecule has 13 nitrogen and oxygen atoms in total. The highest BCUT2D eigenvalue weighted by atomic mass is 32.1. The van der Waals surface area contributed by atoms with Gasteiger partial charge in [-0.05, 0) is 26.0 Å². The number of thiazole rings is 1. The second-order valence-electron chi connectivity index (χ2n) is 9.45. The summed E-state index contributed by atoms with van der Waals surface area (Å²) in [6.45, 7) is 7.65. The highest BCUT2D eigenvalue weighted by Gasteiger charge is 2.36. The number of benzene rings is 2. The number of nitro benzene ring substituents is 1. The number of nitro groups is 1. The highest BCUT2D eigenvalue weighted by Crippen LogP contribution is 2.41. The summed E-state index contributed by atoms with van der Waals surface area (Å²) >= 11 is 1.05. The lowest BCUT2D eigenvalue weighted by Crippen LogP contribution is -2.40. The largest absolute Gasteiger partial charge is 0.493 e. The van der Waals surface area contributed by atoms with E-state index in [9.17, 15) is 19.7 Å². The van der Waals surface area contributed by atoms with E-state index < -0.39 is 22.5 Å². The van der Waals surface area contributed by atoms with E-state index in [0.717, 1.165) is 11.3 Å². The van der Waals surface area contributed by atoms with Crippen LogP contribution in [-0.4, -0.2) is 63.2 Å². The third-order valence-corrected chi connectivity index (χ3v) is 7.69. The van der Waals surface area contributed by atoms with Gasteiger partial charge in [0.05, 0.1) is 54.2 Å². The molecule has 0 fully saturated rings. The molecule has 2 heterocycles. The number of non-ortho nitro benzene ring substituents is 1. The minimum atomic E-state index is -1.01. The van der Waals surface area contributed by atoms with Crippen molar-refractivity contribution < 1.29 is 38.1 Å². The Morgan fingerprint density at radius 2 is 1.89 bits per heavy atom. The fourth-order valence-electron chi connectivity index (χ4n) is 4.79. The number of nitrogens with zero attached hydrogens (tertiary/aromatic N) is 3. The average molecular weight is 640 g/mol. The first-order valence-electron chi connectivity index (χ1n) is 13.8. The molecule has 1 aliphatic heterocycles. The molecule has 0 spiro atoms. The number of methoxy groups -OCH3 is 3. The number of carbonyl (C=O) groups is 1. The van der Waals surface area contributed by atoms with Crippen molar-refractivity contribution in [2.75, 3.05) is 47.8 Å². The zero-order chi connectivity index (χ0) is 32.7. The predicted octanol–water partition coefficient (Wildman–Crippen LogP) is 3.31. The van der Waals surface area contributed by atoms with Crippen molar-refractivity contribution in [3.63, 3.8) is 0 Å². The number of esters is 1. The Morgan fingerprint density at radius 1 is 1.13 bits per heavy atom. The Kier molecular flexibility index (Phi) is 10.8. The number of hydrogen-bond donors (Lipinski definition) is 0. The first-order chi connectivity index (χ1) is 21.7. The molecule has 0 radical (unpaired) electrons. The van der Waals surface area contributed by atoms with Gasteiger partial charge in [0.25, 0.3) is 11.2 Å². The Balaban J connectivity index is 2.03. The van der Waals surface area contributed by atoms with Gasteiger partial charge in [-0.1, -0.05) is 36.1 Å². The average Bonchev–Trinajstić information content (AvgIpc) is 3.33. The Labute approximate surface area is 262 Å². The molecule has 0 saturated carbocycles. The van der Waals surface area contributed by atoms with E-state index in [1.54, 1.807) is 25.1 Å². The zero-order valence-electron chi connectivity index (χ0n) is 25.5. The van der Waals surface area contributed by atoms with Gasteiger partial charge < -0.3 is 28.4 Å². The van der Waals surface area contributed by atoms with Crippen molar-refractivity contribution in [2.24, 2.45) is 4.99 Å². The monoisotopic (exact) mass is 639 g/mol. The molecular weight excluding hydrogens is 606 g/mol. The van der Waals surface area contributed by atoms with Crippen molar-refractivity contribution in [1.29, 1.82) is 0 Å². The fraction of sp³-hybridized carbons (Fsp3) is 0.323. The van der Waals surface area contributed by atoms with Crippen molar-refractivity contribution in [3.8, 4) is 23.0 Å². The Morgan fingerprint density at radius 3 is 2.53 bits per heavy atom. The van der Waals surface area contributed by atoms with Crippen molar-refractivity contribution in [2.45, 2.75) is 19.9 Å². The molecule has 2 aromatic carbocycles. The molecule has 238 valence electrons. The van der Waals surface area contributed by atoms with Gasteiger partial charge in [0.2, 0.25) is 0 Å². The number of fused-ring (bicyclic) bond motifs is 1. The summed E-state index contributed by atoms with van der Waals surface area (Å²) in [6, 6.07) is 6.70. The van der Waals surface area contributed by atoms with Crippen LogP contribution in [0.2, 0.25) is 0 Å². The molecular formula is C31H33N3O10S. The molecule has 4 rings (SSSR count). The third kappa shape index (κ3) is 6.76. The SMILES string of the molecule is C=CCOc1c(/C=c2/sc3n(c2=O)[C@H](c2cccc(OC)c2OCC)C(C(=O)OCCOC)=C(C)N=3)cc([N+](=O)[O-])cc1OC. The number of allylic oxidation sites excluding steroid dienone is 1. The van der Waals surface area contributed by atoms with E-state index in [-0.39, 0.29) is 59.3 Å². The maximum atomic E-state index is 14.3. The number of carbonyl (C=O) groups excluding carboxylic acids is 1. The van der Waals surface area contributed by atoms with E-state index >= 15 is 0 Å². The minimum absolute atomic E-state index is 0.0121. The summed E-state index contributed by atoms with van der Waals surface area (Å²) in [5, 5.41) is 11.7. The summed E-state index contributed by atoms with van der Waals surface area (Å²) in [5.74, 6) is 0.378. The van der Waals surface area contributed by atoms with Crippen LogP contribution in [0.1, 0.15) is 31.0 Å².